The Hall–Kier alpha value is -0.260. The van der Waals surface area contributed by atoms with Crippen molar-refractivity contribution in [2.24, 2.45) is 71.0 Å². The summed E-state index contributed by atoms with van der Waals surface area (Å²) in [6.07, 6.45) is 11.2. The highest BCUT2D eigenvalue weighted by atomic mass is 14.8. The highest BCUT2D eigenvalue weighted by molar-refractivity contribution is 5.48. The van der Waals surface area contributed by atoms with Gasteiger partial charge in [-0.3, -0.25) is 0 Å². The highest BCUT2D eigenvalue weighted by Crippen LogP contribution is 2.86. The molecule has 0 saturated heterocycles. The van der Waals surface area contributed by atoms with Crippen molar-refractivity contribution in [3.63, 3.8) is 0 Å². The predicted octanol–water partition coefficient (Wildman–Crippen LogP) is 4.52. The van der Waals surface area contributed by atoms with Gasteiger partial charge in [-0.2, -0.15) is 0 Å². The quantitative estimate of drug-likeness (QED) is 0.572. The second-order valence-electron chi connectivity index (χ2n) is 10.2. The van der Waals surface area contributed by atoms with Crippen molar-refractivity contribution in [1.29, 1.82) is 0 Å². The van der Waals surface area contributed by atoms with Crippen LogP contribution in [0, 0.1) is 71.0 Å². The van der Waals surface area contributed by atoms with E-state index in [1.165, 1.54) is 47.3 Å². The van der Waals surface area contributed by atoms with E-state index >= 15 is 0 Å². The summed E-state index contributed by atoms with van der Waals surface area (Å²) >= 11 is 0. The van der Waals surface area contributed by atoms with Crippen molar-refractivity contribution in [2.75, 3.05) is 0 Å². The fourth-order valence-electron chi connectivity index (χ4n) is 10.7. The Morgan fingerprint density at radius 2 is 1.33 bits per heavy atom. The normalized spacial score (nSPS) is 76.6. The summed E-state index contributed by atoms with van der Waals surface area (Å²) in [6.45, 7) is 0. The van der Waals surface area contributed by atoms with Crippen LogP contribution in [0.2, 0.25) is 0 Å². The Morgan fingerprint density at radius 3 is 2.19 bits per heavy atom. The summed E-state index contributed by atoms with van der Waals surface area (Å²) in [5.41, 5.74) is 4.30. The van der Waals surface area contributed by atoms with Gasteiger partial charge in [0, 0.05) is 0 Å². The lowest BCUT2D eigenvalue weighted by Gasteiger charge is -2.26. The lowest BCUT2D eigenvalue weighted by atomic mass is 9.78. The summed E-state index contributed by atoms with van der Waals surface area (Å²) in [4.78, 5) is 0. The Morgan fingerprint density at radius 1 is 0.524 bits per heavy atom. The van der Waals surface area contributed by atoms with Crippen LogP contribution < -0.4 is 0 Å². The molecule has 110 valence electrons. The van der Waals surface area contributed by atoms with Gasteiger partial charge in [0.15, 0.2) is 0 Å². The summed E-state index contributed by atoms with van der Waals surface area (Å²) in [6, 6.07) is 0. The molecule has 0 aromatic heterocycles. The summed E-state index contributed by atoms with van der Waals surface area (Å²) in [7, 11) is 0. The molecule has 0 aliphatic heterocycles. The molecular formula is C21H26. The van der Waals surface area contributed by atoms with Gasteiger partial charge in [-0.05, 0) is 103 Å². The van der Waals surface area contributed by atoms with Crippen molar-refractivity contribution in [3.8, 4) is 0 Å². The Labute approximate surface area is 127 Å². The van der Waals surface area contributed by atoms with Crippen molar-refractivity contribution in [3.05, 3.63) is 11.1 Å². The van der Waals surface area contributed by atoms with E-state index in [9.17, 15) is 0 Å². The zero-order chi connectivity index (χ0) is 13.0. The molecule has 0 heterocycles. The molecule has 0 nitrogen and oxygen atoms in total. The molecule has 2 bridgehead atoms. The van der Waals surface area contributed by atoms with Crippen LogP contribution in [-0.4, -0.2) is 0 Å². The molecule has 8 aliphatic carbocycles. The molecule has 0 N–H and O–H groups in total. The van der Waals surface area contributed by atoms with Crippen LogP contribution in [-0.2, 0) is 0 Å². The maximum Gasteiger partial charge on any atom is -0.0129 e. The molecule has 12 atom stereocenters. The van der Waals surface area contributed by atoms with E-state index in [0.29, 0.717) is 0 Å². The molecule has 8 rings (SSSR count). The zero-order valence-corrected chi connectivity index (χ0v) is 12.9. The summed E-state index contributed by atoms with van der Waals surface area (Å²) in [5.74, 6) is 14.3. The van der Waals surface area contributed by atoms with E-state index in [1.807, 2.05) is 0 Å². The molecule has 0 aromatic carbocycles. The molecule has 0 radical (unpaired) electrons. The fourth-order valence-corrected chi connectivity index (χ4v) is 10.7. The lowest BCUT2D eigenvalue weighted by molar-refractivity contribution is 0.203. The standard InChI is InChI=1S/C21H26/c1-2-4-9-8(3-1)14(9)19-18-13-7-12-10-5-6-11-15(10)20(17(12)18)21(19)16(11)13/h8-13,15-18,20-21H,1-7H2/t8-,9+,10?,11?,12?,13?,15?,16?,17?,18?,20?,21?. The first kappa shape index (κ1) is 10.5. The van der Waals surface area contributed by atoms with Crippen molar-refractivity contribution < 1.29 is 0 Å². The molecule has 10 unspecified atom stereocenters. The van der Waals surface area contributed by atoms with E-state index in [4.69, 9.17) is 0 Å². The average Bonchev–Trinajstić information content (AvgIpc) is 2.92. The molecule has 0 aromatic rings. The first-order chi connectivity index (χ1) is 10.4. The average molecular weight is 278 g/mol. The molecular weight excluding hydrogens is 252 g/mol. The van der Waals surface area contributed by atoms with Gasteiger partial charge < -0.3 is 0 Å². The fraction of sp³-hybridized carbons (Fsp3) is 0.905. The monoisotopic (exact) mass is 278 g/mol. The number of allylic oxidation sites excluding steroid dienone is 2. The number of rotatable bonds is 0. The second kappa shape index (κ2) is 2.92. The molecule has 8 saturated carbocycles. The zero-order valence-electron chi connectivity index (χ0n) is 12.9. The van der Waals surface area contributed by atoms with Gasteiger partial charge in [-0.1, -0.05) is 24.0 Å². The van der Waals surface area contributed by atoms with Gasteiger partial charge in [-0.25, -0.2) is 0 Å². The topological polar surface area (TPSA) is 0 Å². The smallest absolute Gasteiger partial charge is 0.0129 e. The second-order valence-corrected chi connectivity index (χ2v) is 10.2. The molecule has 8 fully saturated rings. The number of hydrogen-bond donors (Lipinski definition) is 0. The summed E-state index contributed by atoms with van der Waals surface area (Å²) < 4.78 is 0. The van der Waals surface area contributed by atoms with Crippen LogP contribution in [0.5, 0.6) is 0 Å². The van der Waals surface area contributed by atoms with Crippen LogP contribution in [0.15, 0.2) is 11.1 Å². The van der Waals surface area contributed by atoms with Crippen LogP contribution in [0.25, 0.3) is 0 Å². The molecule has 21 heavy (non-hydrogen) atoms. The maximum atomic E-state index is 2.19. The van der Waals surface area contributed by atoms with Gasteiger partial charge >= 0.3 is 0 Å². The number of fused-ring (bicyclic) bond motifs is 4. The Balaban J connectivity index is 1.37. The van der Waals surface area contributed by atoms with Gasteiger partial charge in [-0.15, -0.1) is 0 Å². The molecule has 0 amide bonds. The number of hydrogen-bond acceptors (Lipinski definition) is 0. The minimum atomic E-state index is 1.11. The van der Waals surface area contributed by atoms with Gasteiger partial charge in [0.1, 0.15) is 0 Å². The van der Waals surface area contributed by atoms with Crippen LogP contribution in [0.1, 0.15) is 44.9 Å². The third-order valence-electron chi connectivity index (χ3n) is 10.5. The van der Waals surface area contributed by atoms with Crippen molar-refractivity contribution in [2.45, 2.75) is 44.9 Å². The minimum Gasteiger partial charge on any atom is -0.0630 e. The lowest BCUT2D eigenvalue weighted by Crippen LogP contribution is -2.23. The third-order valence-corrected chi connectivity index (χ3v) is 10.5. The highest BCUT2D eigenvalue weighted by Gasteiger charge is 2.81. The van der Waals surface area contributed by atoms with Crippen LogP contribution in [0.3, 0.4) is 0 Å². The summed E-state index contributed by atoms with van der Waals surface area (Å²) in [5, 5.41) is 0. The molecule has 8 aliphatic rings. The van der Waals surface area contributed by atoms with Gasteiger partial charge in [0.05, 0.1) is 0 Å². The van der Waals surface area contributed by atoms with E-state index in [0.717, 1.165) is 23.7 Å². The SMILES string of the molecule is C1CC[C@H]2C(=C3C4C5CC6C7CCC8C5C3C(C78)C64)[C@H]2C1. The predicted molar refractivity (Wildman–Crippen MR) is 81.2 cm³/mol. The molecule has 0 spiro atoms. The van der Waals surface area contributed by atoms with E-state index < -0.39 is 0 Å². The maximum absolute atomic E-state index is 2.19. The van der Waals surface area contributed by atoms with E-state index in [1.54, 1.807) is 44.9 Å². The Bertz CT molecular complexity index is 598. The first-order valence-electron chi connectivity index (χ1n) is 10.2. The van der Waals surface area contributed by atoms with Crippen molar-refractivity contribution in [1.82, 2.24) is 0 Å². The van der Waals surface area contributed by atoms with Crippen LogP contribution in [0.4, 0.5) is 0 Å². The van der Waals surface area contributed by atoms with E-state index in [-0.39, 0.29) is 0 Å². The van der Waals surface area contributed by atoms with Crippen molar-refractivity contribution >= 4 is 0 Å². The van der Waals surface area contributed by atoms with E-state index in [2.05, 4.69) is 11.1 Å². The third kappa shape index (κ3) is 0.845. The van der Waals surface area contributed by atoms with Gasteiger partial charge in [0.25, 0.3) is 0 Å². The largest absolute Gasteiger partial charge is 0.0630 e. The Kier molecular flexibility index (Phi) is 1.46. The minimum absolute atomic E-state index is 1.11. The van der Waals surface area contributed by atoms with Crippen LogP contribution >= 0.6 is 0 Å². The first-order valence-corrected chi connectivity index (χ1v) is 10.2. The molecule has 0 heteroatoms. The van der Waals surface area contributed by atoms with Gasteiger partial charge in [0.2, 0.25) is 0 Å².